The van der Waals surface area contributed by atoms with Gasteiger partial charge in [0, 0.05) is 29.7 Å². The molecule has 2 aromatic rings. The van der Waals surface area contributed by atoms with Crippen LogP contribution in [0.1, 0.15) is 44.5 Å². The number of hydrogen-bond donors (Lipinski definition) is 3. The van der Waals surface area contributed by atoms with E-state index in [0.717, 1.165) is 28.1 Å². The van der Waals surface area contributed by atoms with Crippen molar-refractivity contribution in [1.29, 1.82) is 0 Å². The maximum atomic E-state index is 12.4. The van der Waals surface area contributed by atoms with Crippen molar-refractivity contribution in [1.82, 2.24) is 10.3 Å². The maximum absolute atomic E-state index is 12.4. The Hall–Kier alpha value is -3.02. The molecule has 1 aliphatic heterocycles. The Morgan fingerprint density at radius 1 is 1.23 bits per heavy atom. The molecule has 6 nitrogen and oxygen atoms in total. The van der Waals surface area contributed by atoms with Crippen molar-refractivity contribution in [3.8, 4) is 0 Å². The van der Waals surface area contributed by atoms with Gasteiger partial charge in [-0.15, -0.1) is 0 Å². The van der Waals surface area contributed by atoms with Gasteiger partial charge < -0.3 is 20.4 Å². The minimum Gasteiger partial charge on any atom is -0.444 e. The molecule has 136 valence electrons. The van der Waals surface area contributed by atoms with Crippen LogP contribution in [0.4, 0.5) is 10.5 Å². The van der Waals surface area contributed by atoms with Crippen molar-refractivity contribution in [2.45, 2.75) is 39.8 Å². The minimum atomic E-state index is -0.540. The Kier molecular flexibility index (Phi) is 4.59. The maximum Gasteiger partial charge on any atom is 0.407 e. The van der Waals surface area contributed by atoms with Crippen LogP contribution >= 0.6 is 0 Å². The third-order valence-corrected chi connectivity index (χ3v) is 4.04. The van der Waals surface area contributed by atoms with Gasteiger partial charge in [-0.25, -0.2) is 4.79 Å². The van der Waals surface area contributed by atoms with Crippen molar-refractivity contribution in [3.05, 3.63) is 53.3 Å². The van der Waals surface area contributed by atoms with Crippen LogP contribution < -0.4 is 10.6 Å². The lowest BCUT2D eigenvalue weighted by Crippen LogP contribution is -2.32. The summed E-state index contributed by atoms with van der Waals surface area (Å²) in [6.07, 6.45) is 1.36. The van der Waals surface area contributed by atoms with Gasteiger partial charge in [-0.2, -0.15) is 0 Å². The largest absolute Gasteiger partial charge is 0.444 e. The summed E-state index contributed by atoms with van der Waals surface area (Å²) in [6, 6.07) is 9.49. The lowest BCUT2D eigenvalue weighted by Gasteiger charge is -2.19. The van der Waals surface area contributed by atoms with Gasteiger partial charge >= 0.3 is 6.09 Å². The first-order chi connectivity index (χ1) is 12.2. The molecule has 2 amide bonds. The lowest BCUT2D eigenvalue weighted by molar-refractivity contribution is -0.110. The number of carbonyl (C=O) groups excluding carboxylic acids is 2. The van der Waals surface area contributed by atoms with E-state index in [0.29, 0.717) is 12.1 Å². The van der Waals surface area contributed by atoms with Gasteiger partial charge in [-0.1, -0.05) is 6.07 Å². The minimum absolute atomic E-state index is 0.121. The molecule has 0 radical (unpaired) electrons. The normalized spacial score (nSPS) is 15.3. The first-order valence-electron chi connectivity index (χ1n) is 8.51. The van der Waals surface area contributed by atoms with E-state index in [2.05, 4.69) is 15.6 Å². The lowest BCUT2D eigenvalue weighted by atomic mass is 9.98. The van der Waals surface area contributed by atoms with Crippen LogP contribution in [0.2, 0.25) is 0 Å². The topological polar surface area (TPSA) is 83.2 Å². The van der Waals surface area contributed by atoms with Gasteiger partial charge in [0.25, 0.3) is 5.91 Å². The molecule has 0 atom stereocenters. The molecule has 0 spiro atoms. The van der Waals surface area contributed by atoms with E-state index in [1.807, 2.05) is 64.2 Å². The standard InChI is InChI=1S/C20H23N3O3/c1-12(15-6-5-9-21-15)17-14-10-13(7-8-16(14)23-18(17)24)11-22-19(25)26-20(2,3)4/h5-10,21H,11H2,1-4H3,(H,22,25)(H,23,24)/b17-12-. The third kappa shape index (κ3) is 3.79. The zero-order valence-electron chi connectivity index (χ0n) is 15.4. The van der Waals surface area contributed by atoms with E-state index < -0.39 is 11.7 Å². The van der Waals surface area contributed by atoms with Crippen molar-refractivity contribution < 1.29 is 14.3 Å². The first-order valence-corrected chi connectivity index (χ1v) is 8.51. The van der Waals surface area contributed by atoms with Gasteiger partial charge in [0.05, 0.1) is 5.57 Å². The van der Waals surface area contributed by atoms with E-state index in [1.165, 1.54) is 0 Å². The molecule has 0 unspecified atom stereocenters. The van der Waals surface area contributed by atoms with Crippen LogP contribution in [-0.2, 0) is 16.1 Å². The Morgan fingerprint density at radius 2 is 2.00 bits per heavy atom. The van der Waals surface area contributed by atoms with Crippen molar-refractivity contribution in [2.75, 3.05) is 5.32 Å². The summed E-state index contributed by atoms with van der Waals surface area (Å²) in [6.45, 7) is 7.70. The molecule has 0 saturated carbocycles. The second-order valence-electron chi connectivity index (χ2n) is 7.27. The van der Waals surface area contributed by atoms with E-state index in [1.54, 1.807) is 0 Å². The average Bonchev–Trinajstić information content (AvgIpc) is 3.17. The van der Waals surface area contributed by atoms with Crippen LogP contribution in [0.15, 0.2) is 36.5 Å². The monoisotopic (exact) mass is 353 g/mol. The molecule has 1 aromatic heterocycles. The number of aromatic nitrogens is 1. The van der Waals surface area contributed by atoms with E-state index in [4.69, 9.17) is 4.74 Å². The summed E-state index contributed by atoms with van der Waals surface area (Å²) in [5, 5.41) is 5.63. The summed E-state index contributed by atoms with van der Waals surface area (Å²) in [5.74, 6) is -0.121. The fourth-order valence-corrected chi connectivity index (χ4v) is 2.88. The number of allylic oxidation sites excluding steroid dienone is 1. The molecule has 3 rings (SSSR count). The highest BCUT2D eigenvalue weighted by Crippen LogP contribution is 2.37. The zero-order valence-corrected chi connectivity index (χ0v) is 15.4. The summed E-state index contributed by atoms with van der Waals surface area (Å²) >= 11 is 0. The number of amides is 2. The van der Waals surface area contributed by atoms with Crippen LogP contribution in [0.3, 0.4) is 0 Å². The van der Waals surface area contributed by atoms with Crippen molar-refractivity contribution in [3.63, 3.8) is 0 Å². The Morgan fingerprint density at radius 3 is 2.65 bits per heavy atom. The molecule has 1 aromatic carbocycles. The van der Waals surface area contributed by atoms with Crippen LogP contribution in [0.5, 0.6) is 0 Å². The fraction of sp³-hybridized carbons (Fsp3) is 0.300. The molecule has 6 heteroatoms. The predicted octanol–water partition coefficient (Wildman–Crippen LogP) is 3.92. The number of fused-ring (bicyclic) bond motifs is 1. The smallest absolute Gasteiger partial charge is 0.407 e. The summed E-state index contributed by atoms with van der Waals surface area (Å²) in [7, 11) is 0. The van der Waals surface area contributed by atoms with E-state index in [-0.39, 0.29) is 5.91 Å². The highest BCUT2D eigenvalue weighted by Gasteiger charge is 2.27. The number of hydrogen-bond acceptors (Lipinski definition) is 3. The Labute approximate surface area is 152 Å². The van der Waals surface area contributed by atoms with Gasteiger partial charge in [-0.3, -0.25) is 4.79 Å². The van der Waals surface area contributed by atoms with Gasteiger partial charge in [0.1, 0.15) is 5.60 Å². The summed E-state index contributed by atoms with van der Waals surface area (Å²) < 4.78 is 5.25. The summed E-state index contributed by atoms with van der Waals surface area (Å²) in [4.78, 5) is 27.4. The van der Waals surface area contributed by atoms with Crippen LogP contribution in [-0.4, -0.2) is 22.6 Å². The Balaban J connectivity index is 1.83. The number of ether oxygens (including phenoxy) is 1. The highest BCUT2D eigenvalue weighted by atomic mass is 16.6. The van der Waals surface area contributed by atoms with E-state index >= 15 is 0 Å². The van der Waals surface area contributed by atoms with Crippen LogP contribution in [0, 0.1) is 0 Å². The second kappa shape index (κ2) is 6.71. The number of benzene rings is 1. The highest BCUT2D eigenvalue weighted by molar-refractivity contribution is 6.36. The van der Waals surface area contributed by atoms with Gasteiger partial charge in [-0.05, 0) is 63.1 Å². The van der Waals surface area contributed by atoms with Crippen molar-refractivity contribution in [2.24, 2.45) is 0 Å². The quantitative estimate of drug-likeness (QED) is 0.731. The fourth-order valence-electron chi connectivity index (χ4n) is 2.88. The Bertz CT molecular complexity index is 874. The second-order valence-corrected chi connectivity index (χ2v) is 7.27. The molecular weight excluding hydrogens is 330 g/mol. The molecule has 0 bridgehead atoms. The number of rotatable bonds is 3. The first kappa shape index (κ1) is 17.8. The van der Waals surface area contributed by atoms with E-state index in [9.17, 15) is 9.59 Å². The van der Waals surface area contributed by atoms with Crippen molar-refractivity contribution >= 4 is 28.8 Å². The molecule has 0 aliphatic carbocycles. The molecular formula is C20H23N3O3. The zero-order chi connectivity index (χ0) is 18.9. The molecule has 0 saturated heterocycles. The SMILES string of the molecule is C/C(=C1/C(=O)Nc2ccc(CNC(=O)OC(C)(C)C)cc21)c1ccc[nH]1. The predicted molar refractivity (Wildman–Crippen MR) is 101 cm³/mol. The third-order valence-electron chi connectivity index (χ3n) is 4.04. The average molecular weight is 353 g/mol. The molecule has 3 N–H and O–H groups in total. The van der Waals surface area contributed by atoms with Crippen LogP contribution in [0.25, 0.3) is 11.1 Å². The molecule has 1 aliphatic rings. The molecule has 26 heavy (non-hydrogen) atoms. The molecule has 0 fully saturated rings. The van der Waals surface area contributed by atoms with Gasteiger partial charge in [0.2, 0.25) is 0 Å². The number of nitrogens with one attached hydrogen (secondary N) is 3. The van der Waals surface area contributed by atoms with Gasteiger partial charge in [0.15, 0.2) is 0 Å². The summed E-state index contributed by atoms with van der Waals surface area (Å²) in [5.41, 5.74) is 4.39. The molecule has 2 heterocycles. The number of alkyl carbamates (subject to hydrolysis) is 1. The number of carbonyl (C=O) groups is 2. The number of anilines is 1. The number of aromatic amines is 1. The number of H-pyrrole nitrogens is 1.